The molecule has 0 bridgehead atoms. The Bertz CT molecular complexity index is 1030. The van der Waals surface area contributed by atoms with Crippen molar-refractivity contribution >= 4 is 20.8 Å². The van der Waals surface area contributed by atoms with Crippen LogP contribution in [0.2, 0.25) is 0 Å². The maximum Gasteiger partial charge on any atom is 0.244 e. The van der Waals surface area contributed by atoms with Crippen LogP contribution in [0.4, 0.5) is 0 Å². The van der Waals surface area contributed by atoms with Crippen molar-refractivity contribution in [2.75, 3.05) is 0 Å². The normalized spacial score (nSPS) is 13.3. The Hall–Kier alpha value is -2.45. The van der Waals surface area contributed by atoms with Crippen LogP contribution in [0.5, 0.6) is 5.75 Å². The molecule has 1 N–H and O–H groups in total. The van der Waals surface area contributed by atoms with E-state index < -0.39 is 16.1 Å². The van der Waals surface area contributed by atoms with Gasteiger partial charge in [-0.1, -0.05) is 29.4 Å². The van der Waals surface area contributed by atoms with Gasteiger partial charge in [0.25, 0.3) is 0 Å². The first-order chi connectivity index (χ1) is 12.3. The van der Waals surface area contributed by atoms with Crippen molar-refractivity contribution < 1.29 is 17.7 Å². The highest BCUT2D eigenvalue weighted by Gasteiger charge is 2.24. The highest BCUT2D eigenvalue weighted by atomic mass is 32.2. The van der Waals surface area contributed by atoms with Gasteiger partial charge in [-0.15, -0.1) is 0 Å². The predicted octanol–water partition coefficient (Wildman–Crippen LogP) is 3.36. The zero-order valence-electron chi connectivity index (χ0n) is 15.1. The fourth-order valence-electron chi connectivity index (χ4n) is 2.67. The van der Waals surface area contributed by atoms with Gasteiger partial charge in [0, 0.05) is 10.8 Å². The number of sulfonamides is 1. The van der Waals surface area contributed by atoms with Crippen LogP contribution in [-0.2, 0) is 10.0 Å². The number of ether oxygens (including phenoxy) is 1. The number of aromatic nitrogens is 2. The summed E-state index contributed by atoms with van der Waals surface area (Å²) in [6.45, 7) is 7.18. The molecule has 2 aromatic carbocycles. The van der Waals surface area contributed by atoms with Gasteiger partial charge in [0.2, 0.25) is 15.9 Å². The molecule has 3 aromatic rings. The lowest BCUT2D eigenvalue weighted by molar-refractivity contribution is 0.245. The topological polar surface area (TPSA) is 94.3 Å². The minimum atomic E-state index is -3.80. The predicted molar refractivity (Wildman–Crippen MR) is 97.5 cm³/mol. The van der Waals surface area contributed by atoms with Crippen LogP contribution >= 0.6 is 0 Å². The summed E-state index contributed by atoms with van der Waals surface area (Å²) in [5.41, 5.74) is 0. The van der Waals surface area contributed by atoms with Crippen LogP contribution in [-0.4, -0.2) is 24.7 Å². The molecule has 1 atom stereocenters. The van der Waals surface area contributed by atoms with Crippen molar-refractivity contribution in [2.45, 2.75) is 44.7 Å². The SMILES string of the molecule is Cc1noc([C@H](C)NS(=O)(=O)c2ccc(OC(C)C)c3ccccc23)n1. The summed E-state index contributed by atoms with van der Waals surface area (Å²) in [4.78, 5) is 4.25. The molecule has 26 heavy (non-hydrogen) atoms. The number of hydrogen-bond acceptors (Lipinski definition) is 6. The molecule has 7 nitrogen and oxygen atoms in total. The summed E-state index contributed by atoms with van der Waals surface area (Å²) >= 11 is 0. The van der Waals surface area contributed by atoms with E-state index in [-0.39, 0.29) is 16.9 Å². The molecule has 8 heteroatoms. The Labute approximate surface area is 152 Å². The Kier molecular flexibility index (Phi) is 4.97. The van der Waals surface area contributed by atoms with E-state index in [2.05, 4.69) is 14.9 Å². The highest BCUT2D eigenvalue weighted by Crippen LogP contribution is 2.32. The molecule has 3 rings (SSSR count). The zero-order valence-corrected chi connectivity index (χ0v) is 15.9. The largest absolute Gasteiger partial charge is 0.490 e. The van der Waals surface area contributed by atoms with Crippen molar-refractivity contribution in [2.24, 2.45) is 0 Å². The van der Waals surface area contributed by atoms with Crippen molar-refractivity contribution in [3.8, 4) is 5.75 Å². The molecule has 0 aliphatic heterocycles. The second-order valence-corrected chi connectivity index (χ2v) is 7.98. The third-order valence-electron chi connectivity index (χ3n) is 3.74. The molecular formula is C18H21N3O4S. The molecule has 0 spiro atoms. The molecule has 0 unspecified atom stereocenters. The van der Waals surface area contributed by atoms with Gasteiger partial charge in [0.1, 0.15) is 5.75 Å². The summed E-state index contributed by atoms with van der Waals surface area (Å²) in [7, 11) is -3.80. The number of rotatable bonds is 6. The minimum absolute atomic E-state index is 0.0141. The van der Waals surface area contributed by atoms with E-state index in [1.807, 2.05) is 26.0 Å². The number of nitrogens with one attached hydrogen (secondary N) is 1. The number of aryl methyl sites for hydroxylation is 1. The number of benzene rings is 2. The van der Waals surface area contributed by atoms with Crippen molar-refractivity contribution in [1.82, 2.24) is 14.9 Å². The van der Waals surface area contributed by atoms with Crippen molar-refractivity contribution in [3.63, 3.8) is 0 Å². The Morgan fingerprint density at radius 2 is 1.77 bits per heavy atom. The maximum absolute atomic E-state index is 12.9. The zero-order chi connectivity index (χ0) is 18.9. The first-order valence-corrected chi connectivity index (χ1v) is 9.77. The van der Waals surface area contributed by atoms with Gasteiger partial charge in [0.15, 0.2) is 5.82 Å². The van der Waals surface area contributed by atoms with Crippen molar-refractivity contribution in [3.05, 3.63) is 48.1 Å². The minimum Gasteiger partial charge on any atom is -0.490 e. The fraction of sp³-hybridized carbons (Fsp3) is 0.333. The number of fused-ring (bicyclic) bond motifs is 1. The Morgan fingerprint density at radius 1 is 1.08 bits per heavy atom. The summed E-state index contributed by atoms with van der Waals surface area (Å²) < 4.78 is 39.3. The van der Waals surface area contributed by atoms with E-state index >= 15 is 0 Å². The molecule has 0 saturated heterocycles. The average molecular weight is 375 g/mol. The molecule has 0 aliphatic rings. The second-order valence-electron chi connectivity index (χ2n) is 6.30. The number of hydrogen-bond donors (Lipinski definition) is 1. The average Bonchev–Trinajstić information content (AvgIpc) is 3.01. The monoisotopic (exact) mass is 375 g/mol. The van der Waals surface area contributed by atoms with Crippen molar-refractivity contribution in [1.29, 1.82) is 0 Å². The highest BCUT2D eigenvalue weighted by molar-refractivity contribution is 7.89. The molecular weight excluding hydrogens is 354 g/mol. The molecule has 1 aromatic heterocycles. The van der Waals surface area contributed by atoms with Gasteiger partial charge in [-0.3, -0.25) is 0 Å². The van der Waals surface area contributed by atoms with E-state index in [1.165, 1.54) is 0 Å². The standard InChI is InChI=1S/C18H21N3O4S/c1-11(2)24-16-9-10-17(15-8-6-5-7-14(15)16)26(22,23)21-12(3)18-19-13(4)20-25-18/h5-12,21H,1-4H3/t12-/m0/s1. The third kappa shape index (κ3) is 3.71. The van der Waals surface area contributed by atoms with Gasteiger partial charge in [-0.25, -0.2) is 8.42 Å². The summed E-state index contributed by atoms with van der Waals surface area (Å²) in [6, 6.07) is 9.84. The molecule has 1 heterocycles. The van der Waals surface area contributed by atoms with E-state index in [9.17, 15) is 8.42 Å². The maximum atomic E-state index is 12.9. The van der Waals surface area contributed by atoms with Crippen LogP contribution in [0.3, 0.4) is 0 Å². The quantitative estimate of drug-likeness (QED) is 0.710. The lowest BCUT2D eigenvalue weighted by atomic mass is 10.1. The van der Waals surface area contributed by atoms with Gasteiger partial charge in [0.05, 0.1) is 17.0 Å². The number of nitrogens with zero attached hydrogens (tertiary/aromatic N) is 2. The third-order valence-corrected chi connectivity index (χ3v) is 5.34. The van der Waals surface area contributed by atoms with Gasteiger partial charge in [-0.2, -0.15) is 9.71 Å². The first kappa shape index (κ1) is 18.3. The first-order valence-electron chi connectivity index (χ1n) is 8.29. The Morgan fingerprint density at radius 3 is 2.38 bits per heavy atom. The van der Waals surface area contributed by atoms with Crippen LogP contribution in [0.25, 0.3) is 10.8 Å². The lowest BCUT2D eigenvalue weighted by Crippen LogP contribution is -2.27. The molecule has 0 amide bonds. The van der Waals surface area contributed by atoms with Crippen LogP contribution < -0.4 is 9.46 Å². The molecule has 0 radical (unpaired) electrons. The fourth-order valence-corrected chi connectivity index (χ4v) is 4.08. The van der Waals surface area contributed by atoms with E-state index in [0.717, 1.165) is 5.39 Å². The lowest BCUT2D eigenvalue weighted by Gasteiger charge is -2.16. The summed E-state index contributed by atoms with van der Waals surface area (Å²) in [5, 5.41) is 5.02. The van der Waals surface area contributed by atoms with E-state index in [4.69, 9.17) is 9.26 Å². The molecule has 138 valence electrons. The van der Waals surface area contributed by atoms with Gasteiger partial charge in [-0.05, 0) is 39.8 Å². The summed E-state index contributed by atoms with van der Waals surface area (Å²) in [5.74, 6) is 1.32. The van der Waals surface area contributed by atoms with Gasteiger partial charge < -0.3 is 9.26 Å². The summed E-state index contributed by atoms with van der Waals surface area (Å²) in [6.07, 6.45) is -0.0141. The van der Waals surface area contributed by atoms with Crippen LogP contribution in [0.1, 0.15) is 38.5 Å². The molecule has 0 fully saturated rings. The van der Waals surface area contributed by atoms with E-state index in [0.29, 0.717) is 17.0 Å². The second kappa shape index (κ2) is 7.05. The van der Waals surface area contributed by atoms with Crippen LogP contribution in [0, 0.1) is 6.92 Å². The van der Waals surface area contributed by atoms with Gasteiger partial charge >= 0.3 is 0 Å². The molecule has 0 saturated carbocycles. The smallest absolute Gasteiger partial charge is 0.244 e. The van der Waals surface area contributed by atoms with E-state index in [1.54, 1.807) is 38.1 Å². The molecule has 0 aliphatic carbocycles. The van der Waals surface area contributed by atoms with Crippen LogP contribution in [0.15, 0.2) is 45.8 Å². The Balaban J connectivity index is 2.01.